The fraction of sp³-hybridized carbons (Fsp3) is 0.192. The van der Waals surface area contributed by atoms with Gasteiger partial charge in [0.05, 0.1) is 33.6 Å². The van der Waals surface area contributed by atoms with Gasteiger partial charge in [-0.1, -0.05) is 23.7 Å². The first-order valence-corrected chi connectivity index (χ1v) is 11.1. The minimum Gasteiger partial charge on any atom is -0.388 e. The molecule has 0 radical (unpaired) electrons. The minimum atomic E-state index is -1.20. The topological polar surface area (TPSA) is 90.9 Å². The van der Waals surface area contributed by atoms with Crippen LogP contribution in [0.1, 0.15) is 29.9 Å². The number of pyridine rings is 1. The van der Waals surface area contributed by atoms with E-state index >= 15 is 0 Å². The summed E-state index contributed by atoms with van der Waals surface area (Å²) in [7, 11) is 0. The van der Waals surface area contributed by atoms with Crippen LogP contribution in [0.3, 0.4) is 0 Å². The number of aliphatic hydroxyl groups is 1. The molecular weight excluding hydrogens is 455 g/mol. The van der Waals surface area contributed by atoms with E-state index in [0.29, 0.717) is 34.0 Å². The first-order chi connectivity index (χ1) is 16.2. The van der Waals surface area contributed by atoms with E-state index in [9.17, 15) is 14.3 Å². The van der Waals surface area contributed by atoms with E-state index in [1.54, 1.807) is 56.4 Å². The second kappa shape index (κ2) is 9.75. The number of benzene rings is 2. The summed E-state index contributed by atoms with van der Waals surface area (Å²) in [5, 5.41) is 21.3. The maximum atomic E-state index is 13.4. The predicted molar refractivity (Wildman–Crippen MR) is 130 cm³/mol. The van der Waals surface area contributed by atoms with Gasteiger partial charge >= 0.3 is 0 Å². The quantitative estimate of drug-likeness (QED) is 0.347. The lowest BCUT2D eigenvalue weighted by Gasteiger charge is -2.30. The molecule has 34 heavy (non-hydrogen) atoms. The van der Waals surface area contributed by atoms with Crippen molar-refractivity contribution in [3.8, 4) is 22.5 Å². The molecule has 1 atom stereocenters. The SMILES string of the molecule is CC(C)(O)[C@@H](Cc1ccccn1)NC(=O)c1cccc(Cl)c1-c1cc(-c2ccc(F)cc2)n[nH]1. The third-order valence-corrected chi connectivity index (χ3v) is 5.86. The maximum absolute atomic E-state index is 13.4. The fourth-order valence-electron chi connectivity index (χ4n) is 3.65. The zero-order valence-corrected chi connectivity index (χ0v) is 19.5. The number of carbonyl (C=O) groups is 1. The van der Waals surface area contributed by atoms with Crippen LogP contribution in [0.4, 0.5) is 4.39 Å². The molecule has 0 bridgehead atoms. The number of carbonyl (C=O) groups excluding carboxylic acids is 1. The van der Waals surface area contributed by atoms with Gasteiger partial charge < -0.3 is 10.4 Å². The molecule has 174 valence electrons. The first-order valence-electron chi connectivity index (χ1n) is 10.8. The Labute approximate surface area is 201 Å². The van der Waals surface area contributed by atoms with Gasteiger partial charge in [-0.25, -0.2) is 4.39 Å². The van der Waals surface area contributed by atoms with E-state index in [1.165, 1.54) is 12.1 Å². The number of aromatic amines is 1. The van der Waals surface area contributed by atoms with Crippen LogP contribution in [-0.4, -0.2) is 37.8 Å². The number of amides is 1. The summed E-state index contributed by atoms with van der Waals surface area (Å²) < 4.78 is 13.3. The number of aromatic nitrogens is 3. The van der Waals surface area contributed by atoms with Gasteiger partial charge in [0.25, 0.3) is 5.91 Å². The number of hydrogen-bond acceptors (Lipinski definition) is 4. The molecule has 0 unspecified atom stereocenters. The highest BCUT2D eigenvalue weighted by Gasteiger charge is 2.30. The van der Waals surface area contributed by atoms with Crippen molar-refractivity contribution in [1.82, 2.24) is 20.5 Å². The van der Waals surface area contributed by atoms with Crippen LogP contribution in [0.25, 0.3) is 22.5 Å². The summed E-state index contributed by atoms with van der Waals surface area (Å²) in [4.78, 5) is 17.7. The second-order valence-electron chi connectivity index (χ2n) is 8.54. The molecule has 0 spiro atoms. The molecule has 6 nitrogen and oxygen atoms in total. The van der Waals surface area contributed by atoms with Crippen molar-refractivity contribution in [1.29, 1.82) is 0 Å². The summed E-state index contributed by atoms with van der Waals surface area (Å²) in [6.45, 7) is 3.28. The zero-order chi connectivity index (χ0) is 24.3. The van der Waals surface area contributed by atoms with E-state index in [0.717, 1.165) is 11.3 Å². The van der Waals surface area contributed by atoms with E-state index in [4.69, 9.17) is 11.6 Å². The summed E-state index contributed by atoms with van der Waals surface area (Å²) in [6.07, 6.45) is 2.02. The molecule has 0 aliphatic heterocycles. The third-order valence-electron chi connectivity index (χ3n) is 5.54. The van der Waals surface area contributed by atoms with Gasteiger partial charge in [0.2, 0.25) is 0 Å². The standard InChI is InChI=1S/C26H24ClFN4O2/c1-26(2,34)23(14-18-6-3-4-13-29-18)30-25(33)19-7-5-8-20(27)24(19)22-15-21(31-32-22)16-9-11-17(28)12-10-16/h3-13,15,23,34H,14H2,1-2H3,(H,30,33)(H,31,32)/t23-/m1/s1. The van der Waals surface area contributed by atoms with Crippen molar-refractivity contribution in [3.63, 3.8) is 0 Å². The molecule has 4 aromatic rings. The summed E-state index contributed by atoms with van der Waals surface area (Å²) in [6, 6.07) is 17.7. The number of nitrogens with one attached hydrogen (secondary N) is 2. The van der Waals surface area contributed by atoms with Crippen molar-refractivity contribution in [2.75, 3.05) is 0 Å². The van der Waals surface area contributed by atoms with Gasteiger partial charge in [-0.15, -0.1) is 0 Å². The highest BCUT2D eigenvalue weighted by molar-refractivity contribution is 6.34. The summed E-state index contributed by atoms with van der Waals surface area (Å²) in [5.41, 5.74) is 2.21. The smallest absolute Gasteiger partial charge is 0.252 e. The fourth-order valence-corrected chi connectivity index (χ4v) is 3.92. The lowest BCUT2D eigenvalue weighted by atomic mass is 9.93. The molecule has 8 heteroatoms. The Morgan fingerprint density at radius 1 is 1.15 bits per heavy atom. The Balaban J connectivity index is 1.65. The number of halogens is 2. The van der Waals surface area contributed by atoms with Crippen LogP contribution >= 0.6 is 11.6 Å². The second-order valence-corrected chi connectivity index (χ2v) is 8.95. The van der Waals surface area contributed by atoms with Crippen LogP contribution in [0.15, 0.2) is 72.9 Å². The Morgan fingerprint density at radius 2 is 1.91 bits per heavy atom. The first kappa shape index (κ1) is 23.6. The number of nitrogens with zero attached hydrogens (tertiary/aromatic N) is 2. The Hall–Kier alpha value is -3.55. The summed E-state index contributed by atoms with van der Waals surface area (Å²) >= 11 is 6.50. The number of hydrogen-bond donors (Lipinski definition) is 3. The average Bonchev–Trinajstić information content (AvgIpc) is 3.28. The molecule has 2 aromatic heterocycles. The maximum Gasteiger partial charge on any atom is 0.252 e. The normalized spacial score (nSPS) is 12.4. The van der Waals surface area contributed by atoms with Crippen LogP contribution in [-0.2, 0) is 6.42 Å². The van der Waals surface area contributed by atoms with Crippen molar-refractivity contribution in [3.05, 3.63) is 95.0 Å². The van der Waals surface area contributed by atoms with Crippen LogP contribution < -0.4 is 5.32 Å². The van der Waals surface area contributed by atoms with E-state index in [2.05, 4.69) is 20.5 Å². The predicted octanol–water partition coefficient (Wildman–Crippen LogP) is 5.04. The molecule has 3 N–H and O–H groups in total. The van der Waals surface area contributed by atoms with Crippen molar-refractivity contribution in [2.45, 2.75) is 31.9 Å². The highest BCUT2D eigenvalue weighted by Crippen LogP contribution is 2.33. The van der Waals surface area contributed by atoms with Gasteiger partial charge in [0.15, 0.2) is 0 Å². The molecule has 0 fully saturated rings. The van der Waals surface area contributed by atoms with Gasteiger partial charge in [-0.05, 0) is 68.4 Å². The van der Waals surface area contributed by atoms with Crippen molar-refractivity contribution in [2.24, 2.45) is 0 Å². The van der Waals surface area contributed by atoms with Gasteiger partial charge in [0, 0.05) is 29.4 Å². The largest absolute Gasteiger partial charge is 0.388 e. The summed E-state index contributed by atoms with van der Waals surface area (Å²) in [5.74, 6) is -0.727. The molecule has 1 amide bonds. The van der Waals surface area contributed by atoms with Gasteiger partial charge in [-0.2, -0.15) is 5.10 Å². The van der Waals surface area contributed by atoms with Crippen LogP contribution in [0, 0.1) is 5.82 Å². The van der Waals surface area contributed by atoms with Crippen molar-refractivity contribution >= 4 is 17.5 Å². The Kier molecular flexibility index (Phi) is 6.77. The molecule has 0 aliphatic carbocycles. The van der Waals surface area contributed by atoms with E-state index in [-0.39, 0.29) is 5.82 Å². The molecule has 0 saturated carbocycles. The number of rotatable bonds is 7. The van der Waals surface area contributed by atoms with Gasteiger partial charge in [-0.3, -0.25) is 14.9 Å². The highest BCUT2D eigenvalue weighted by atomic mass is 35.5. The zero-order valence-electron chi connectivity index (χ0n) is 18.7. The minimum absolute atomic E-state index is 0.331. The lowest BCUT2D eigenvalue weighted by molar-refractivity contribution is 0.0347. The number of H-pyrrole nitrogens is 1. The van der Waals surface area contributed by atoms with Crippen molar-refractivity contribution < 1.29 is 14.3 Å². The Morgan fingerprint density at radius 3 is 2.59 bits per heavy atom. The Bertz CT molecular complexity index is 1280. The third kappa shape index (κ3) is 5.32. The molecular formula is C26H24ClFN4O2. The van der Waals surface area contributed by atoms with Gasteiger partial charge in [0.1, 0.15) is 5.82 Å². The molecule has 4 rings (SSSR count). The average molecular weight is 479 g/mol. The van der Waals surface area contributed by atoms with Crippen LogP contribution in [0.2, 0.25) is 5.02 Å². The van der Waals surface area contributed by atoms with E-state index < -0.39 is 17.6 Å². The monoisotopic (exact) mass is 478 g/mol. The van der Waals surface area contributed by atoms with Crippen LogP contribution in [0.5, 0.6) is 0 Å². The lowest BCUT2D eigenvalue weighted by Crippen LogP contribution is -2.50. The molecule has 2 aromatic carbocycles. The molecule has 0 saturated heterocycles. The van der Waals surface area contributed by atoms with E-state index in [1.807, 2.05) is 18.2 Å². The molecule has 0 aliphatic rings. The molecule has 2 heterocycles.